The number of carbonyl (C=O) groups excluding carboxylic acids is 1. The van der Waals surface area contributed by atoms with E-state index in [4.69, 9.17) is 9.73 Å². The lowest BCUT2D eigenvalue weighted by molar-refractivity contribution is -0.117. The molecule has 1 aliphatic rings. The first kappa shape index (κ1) is 15.0. The van der Waals surface area contributed by atoms with E-state index in [1.807, 2.05) is 30.3 Å². The van der Waals surface area contributed by atoms with E-state index in [0.717, 1.165) is 16.9 Å². The molecule has 0 unspecified atom stereocenters. The minimum atomic E-state index is -0.0282. The van der Waals surface area contributed by atoms with Crippen molar-refractivity contribution in [3.05, 3.63) is 60.9 Å². The predicted molar refractivity (Wildman–Crippen MR) is 90.6 cm³/mol. The van der Waals surface area contributed by atoms with Gasteiger partial charge >= 0.3 is 0 Å². The zero-order valence-corrected chi connectivity index (χ0v) is 12.9. The number of pyridine rings is 1. The van der Waals surface area contributed by atoms with Crippen LogP contribution >= 0.6 is 0 Å². The number of anilines is 1. The Kier molecular flexibility index (Phi) is 4.19. The van der Waals surface area contributed by atoms with Gasteiger partial charge in [0.25, 0.3) is 0 Å². The van der Waals surface area contributed by atoms with Crippen LogP contribution < -0.4 is 9.64 Å². The van der Waals surface area contributed by atoms with Crippen molar-refractivity contribution in [1.29, 1.82) is 0 Å². The van der Waals surface area contributed by atoms with E-state index in [1.165, 1.54) is 0 Å². The van der Waals surface area contributed by atoms with E-state index >= 15 is 0 Å². The average Bonchev–Trinajstić information content (AvgIpc) is 2.73. The molecule has 0 aliphatic carbocycles. The molecule has 23 heavy (non-hydrogen) atoms. The highest BCUT2D eigenvalue weighted by atomic mass is 16.5. The molecular formula is C18H17N3O2. The minimum absolute atomic E-state index is 0.0282. The maximum absolute atomic E-state index is 12.7. The van der Waals surface area contributed by atoms with Crippen molar-refractivity contribution >= 4 is 23.0 Å². The van der Waals surface area contributed by atoms with Gasteiger partial charge in [-0.15, -0.1) is 6.58 Å². The molecule has 1 aliphatic heterocycles. The lowest BCUT2D eigenvalue weighted by Crippen LogP contribution is -2.31. The van der Waals surface area contributed by atoms with Crippen molar-refractivity contribution < 1.29 is 9.53 Å². The number of hydrogen-bond acceptors (Lipinski definition) is 4. The SMILES string of the molecule is C=CCN1C(=O)CC(c2cccnc2)=Nc2ccc(OC)cc21. The van der Waals surface area contributed by atoms with Crippen LogP contribution in [0.1, 0.15) is 12.0 Å². The molecule has 0 bridgehead atoms. The third kappa shape index (κ3) is 2.99. The number of rotatable bonds is 4. The fraction of sp³-hybridized carbons (Fsp3) is 0.167. The second-order valence-corrected chi connectivity index (χ2v) is 5.12. The Morgan fingerprint density at radius 1 is 1.39 bits per heavy atom. The number of nitrogens with zero attached hydrogens (tertiary/aromatic N) is 3. The van der Waals surface area contributed by atoms with Crippen molar-refractivity contribution in [2.24, 2.45) is 4.99 Å². The van der Waals surface area contributed by atoms with Gasteiger partial charge in [-0.1, -0.05) is 12.1 Å². The van der Waals surface area contributed by atoms with Crippen LogP contribution in [0.15, 0.2) is 60.4 Å². The van der Waals surface area contributed by atoms with Gasteiger partial charge in [0.2, 0.25) is 5.91 Å². The molecule has 5 nitrogen and oxygen atoms in total. The van der Waals surface area contributed by atoms with Crippen LogP contribution in [0.2, 0.25) is 0 Å². The standard InChI is InChI=1S/C18H17N3O2/c1-3-9-21-17-10-14(23-2)6-7-15(17)20-16(11-18(21)22)13-5-4-8-19-12-13/h3-8,10,12H,1,9,11H2,2H3. The summed E-state index contributed by atoms with van der Waals surface area (Å²) < 4.78 is 5.27. The molecule has 2 aromatic rings. The van der Waals surface area contributed by atoms with E-state index in [1.54, 1.807) is 30.5 Å². The number of aromatic nitrogens is 1. The maximum atomic E-state index is 12.7. The summed E-state index contributed by atoms with van der Waals surface area (Å²) >= 11 is 0. The highest BCUT2D eigenvalue weighted by Gasteiger charge is 2.24. The van der Waals surface area contributed by atoms with Gasteiger partial charge in [0.05, 0.1) is 30.6 Å². The molecule has 0 saturated heterocycles. The van der Waals surface area contributed by atoms with Crippen molar-refractivity contribution in [1.82, 2.24) is 4.98 Å². The first-order valence-corrected chi connectivity index (χ1v) is 7.30. The van der Waals surface area contributed by atoms with Gasteiger partial charge < -0.3 is 9.64 Å². The summed E-state index contributed by atoms with van der Waals surface area (Å²) in [6.45, 7) is 4.17. The van der Waals surface area contributed by atoms with E-state index in [0.29, 0.717) is 18.0 Å². The summed E-state index contributed by atoms with van der Waals surface area (Å²) in [6, 6.07) is 9.27. The van der Waals surface area contributed by atoms with Crippen LogP contribution in [-0.2, 0) is 4.79 Å². The molecule has 0 spiro atoms. The molecule has 5 heteroatoms. The van der Waals surface area contributed by atoms with Crippen LogP contribution in [-0.4, -0.2) is 30.3 Å². The zero-order valence-electron chi connectivity index (χ0n) is 12.9. The zero-order chi connectivity index (χ0) is 16.2. The van der Waals surface area contributed by atoms with E-state index in [2.05, 4.69) is 11.6 Å². The third-order valence-electron chi connectivity index (χ3n) is 3.65. The van der Waals surface area contributed by atoms with Crippen LogP contribution in [0.5, 0.6) is 5.75 Å². The minimum Gasteiger partial charge on any atom is -0.497 e. The second-order valence-electron chi connectivity index (χ2n) is 5.12. The molecule has 0 radical (unpaired) electrons. The molecular weight excluding hydrogens is 290 g/mol. The topological polar surface area (TPSA) is 54.8 Å². The largest absolute Gasteiger partial charge is 0.497 e. The number of ether oxygens (including phenoxy) is 1. The normalized spacial score (nSPS) is 13.9. The molecule has 3 rings (SSSR count). The Morgan fingerprint density at radius 3 is 2.96 bits per heavy atom. The van der Waals surface area contributed by atoms with Crippen molar-refractivity contribution in [3.63, 3.8) is 0 Å². The van der Waals surface area contributed by atoms with Gasteiger partial charge in [0, 0.05) is 30.6 Å². The summed E-state index contributed by atoms with van der Waals surface area (Å²) in [5, 5.41) is 0. The Morgan fingerprint density at radius 2 is 2.26 bits per heavy atom. The Bertz CT molecular complexity index is 769. The maximum Gasteiger partial charge on any atom is 0.233 e. The Balaban J connectivity index is 2.13. The van der Waals surface area contributed by atoms with Gasteiger partial charge in [-0.05, 0) is 18.2 Å². The molecule has 1 amide bonds. The lowest BCUT2D eigenvalue weighted by atomic mass is 10.1. The average molecular weight is 307 g/mol. The van der Waals surface area contributed by atoms with Gasteiger partial charge in [-0.3, -0.25) is 14.8 Å². The van der Waals surface area contributed by atoms with Crippen molar-refractivity contribution in [2.75, 3.05) is 18.6 Å². The number of carbonyl (C=O) groups is 1. The summed E-state index contributed by atoms with van der Waals surface area (Å²) in [5.74, 6) is 0.658. The van der Waals surface area contributed by atoms with Crippen LogP contribution in [0.4, 0.5) is 11.4 Å². The monoisotopic (exact) mass is 307 g/mol. The van der Waals surface area contributed by atoms with Crippen molar-refractivity contribution in [2.45, 2.75) is 6.42 Å². The number of methoxy groups -OCH3 is 1. The molecule has 0 atom stereocenters. The van der Waals surface area contributed by atoms with Crippen LogP contribution in [0, 0.1) is 0 Å². The smallest absolute Gasteiger partial charge is 0.233 e. The van der Waals surface area contributed by atoms with Crippen LogP contribution in [0.25, 0.3) is 0 Å². The first-order valence-electron chi connectivity index (χ1n) is 7.30. The molecule has 0 N–H and O–H groups in total. The van der Waals surface area contributed by atoms with E-state index in [9.17, 15) is 4.79 Å². The fourth-order valence-electron chi connectivity index (χ4n) is 2.53. The molecule has 1 aromatic heterocycles. The molecule has 2 heterocycles. The molecule has 0 fully saturated rings. The second kappa shape index (κ2) is 6.44. The van der Waals surface area contributed by atoms with Gasteiger partial charge in [0.15, 0.2) is 0 Å². The predicted octanol–water partition coefficient (Wildman–Crippen LogP) is 3.13. The molecule has 1 aromatic carbocycles. The highest BCUT2D eigenvalue weighted by Crippen LogP contribution is 2.36. The summed E-state index contributed by atoms with van der Waals surface area (Å²) in [6.07, 6.45) is 5.34. The molecule has 0 saturated carbocycles. The van der Waals surface area contributed by atoms with E-state index in [-0.39, 0.29) is 12.3 Å². The van der Waals surface area contributed by atoms with E-state index < -0.39 is 0 Å². The number of aliphatic imine (C=N–C) groups is 1. The summed E-state index contributed by atoms with van der Waals surface area (Å²) in [7, 11) is 1.60. The van der Waals surface area contributed by atoms with Crippen LogP contribution in [0.3, 0.4) is 0 Å². The quantitative estimate of drug-likeness (QED) is 0.815. The summed E-state index contributed by atoms with van der Waals surface area (Å²) in [5.41, 5.74) is 3.02. The molecule has 116 valence electrons. The highest BCUT2D eigenvalue weighted by molar-refractivity contribution is 6.17. The first-order chi connectivity index (χ1) is 11.2. The number of hydrogen-bond donors (Lipinski definition) is 0. The number of amides is 1. The Hall–Kier alpha value is -2.95. The van der Waals surface area contributed by atoms with Gasteiger partial charge in [0.1, 0.15) is 5.75 Å². The Labute approximate surface area is 134 Å². The van der Waals surface area contributed by atoms with Gasteiger partial charge in [-0.25, -0.2) is 0 Å². The fourth-order valence-corrected chi connectivity index (χ4v) is 2.53. The summed E-state index contributed by atoms with van der Waals surface area (Å²) in [4.78, 5) is 23.2. The van der Waals surface area contributed by atoms with Gasteiger partial charge in [-0.2, -0.15) is 0 Å². The lowest BCUT2D eigenvalue weighted by Gasteiger charge is -2.21. The number of fused-ring (bicyclic) bond motifs is 1. The van der Waals surface area contributed by atoms with Crippen molar-refractivity contribution in [3.8, 4) is 5.75 Å². The third-order valence-corrected chi connectivity index (χ3v) is 3.65. The number of benzene rings is 1.